The highest BCUT2D eigenvalue weighted by atomic mass is 16.2. The highest BCUT2D eigenvalue weighted by Crippen LogP contribution is 2.22. The summed E-state index contributed by atoms with van der Waals surface area (Å²) >= 11 is 0. The molecule has 1 aliphatic rings. The SMILES string of the molecule is CC(=O)C(NC(=O)CN1CCCC(C)C1CN)C(C)C. The van der Waals surface area contributed by atoms with E-state index in [0.29, 0.717) is 19.0 Å². The summed E-state index contributed by atoms with van der Waals surface area (Å²) in [4.78, 5) is 25.8. The number of likely N-dealkylation sites (tertiary alicyclic amines) is 1. The molecule has 5 nitrogen and oxygen atoms in total. The molecule has 1 rings (SSSR count). The smallest absolute Gasteiger partial charge is 0.234 e. The van der Waals surface area contributed by atoms with Crippen molar-refractivity contribution < 1.29 is 9.59 Å². The largest absolute Gasteiger partial charge is 0.345 e. The molecule has 0 saturated carbocycles. The fourth-order valence-electron chi connectivity index (χ4n) is 3.05. The number of piperidine rings is 1. The number of hydrogen-bond donors (Lipinski definition) is 2. The second-order valence-corrected chi connectivity index (χ2v) is 6.29. The molecule has 116 valence electrons. The van der Waals surface area contributed by atoms with Crippen molar-refractivity contribution in [1.29, 1.82) is 0 Å². The number of Topliss-reactive ketones (excluding diaryl/α,β-unsaturated/α-hetero) is 1. The maximum atomic E-state index is 12.2. The van der Waals surface area contributed by atoms with Crippen LogP contribution in [0.2, 0.25) is 0 Å². The van der Waals surface area contributed by atoms with Crippen molar-refractivity contribution in [3.63, 3.8) is 0 Å². The molecule has 1 heterocycles. The first-order valence-electron chi connectivity index (χ1n) is 7.60. The standard InChI is InChI=1S/C15H29N3O2/c1-10(2)15(12(4)19)17-14(20)9-18-7-5-6-11(3)13(18)8-16/h10-11,13,15H,5-9,16H2,1-4H3,(H,17,20). The number of nitrogens with zero attached hydrogens (tertiary/aromatic N) is 1. The Bertz CT molecular complexity index is 344. The molecule has 5 heteroatoms. The molecule has 3 unspecified atom stereocenters. The van der Waals surface area contributed by atoms with Crippen LogP contribution in [0.5, 0.6) is 0 Å². The third kappa shape index (κ3) is 4.56. The molecule has 1 fully saturated rings. The van der Waals surface area contributed by atoms with E-state index in [1.807, 2.05) is 13.8 Å². The summed E-state index contributed by atoms with van der Waals surface area (Å²) in [5.41, 5.74) is 5.83. The molecule has 0 bridgehead atoms. The molecule has 0 aromatic heterocycles. The zero-order chi connectivity index (χ0) is 15.3. The molecule has 1 saturated heterocycles. The van der Waals surface area contributed by atoms with Crippen LogP contribution in [0.1, 0.15) is 40.5 Å². The molecule has 0 spiro atoms. The highest BCUT2D eigenvalue weighted by molar-refractivity contribution is 5.88. The number of carbonyl (C=O) groups excluding carboxylic acids is 2. The van der Waals surface area contributed by atoms with E-state index in [2.05, 4.69) is 17.1 Å². The van der Waals surface area contributed by atoms with Crippen LogP contribution >= 0.6 is 0 Å². The second kappa shape index (κ2) is 7.74. The van der Waals surface area contributed by atoms with Crippen molar-refractivity contribution in [3.8, 4) is 0 Å². The lowest BCUT2D eigenvalue weighted by Gasteiger charge is -2.39. The predicted molar refractivity (Wildman–Crippen MR) is 80.3 cm³/mol. The topological polar surface area (TPSA) is 75.4 Å². The average molecular weight is 283 g/mol. The van der Waals surface area contributed by atoms with Crippen LogP contribution in [0.3, 0.4) is 0 Å². The lowest BCUT2D eigenvalue weighted by atomic mass is 9.91. The summed E-state index contributed by atoms with van der Waals surface area (Å²) in [7, 11) is 0. The number of carbonyl (C=O) groups is 2. The number of nitrogens with two attached hydrogens (primary N) is 1. The summed E-state index contributed by atoms with van der Waals surface area (Å²) in [6.07, 6.45) is 2.27. The van der Waals surface area contributed by atoms with Crippen LogP contribution < -0.4 is 11.1 Å². The van der Waals surface area contributed by atoms with E-state index in [4.69, 9.17) is 5.73 Å². The van der Waals surface area contributed by atoms with E-state index < -0.39 is 0 Å². The van der Waals surface area contributed by atoms with Crippen molar-refractivity contribution in [2.24, 2.45) is 17.6 Å². The van der Waals surface area contributed by atoms with Gasteiger partial charge >= 0.3 is 0 Å². The summed E-state index contributed by atoms with van der Waals surface area (Å²) < 4.78 is 0. The van der Waals surface area contributed by atoms with Crippen LogP contribution in [0.25, 0.3) is 0 Å². The van der Waals surface area contributed by atoms with E-state index in [0.717, 1.165) is 13.0 Å². The molecule has 1 aliphatic heterocycles. The van der Waals surface area contributed by atoms with Gasteiger partial charge in [0.15, 0.2) is 5.78 Å². The van der Waals surface area contributed by atoms with Gasteiger partial charge in [0, 0.05) is 12.6 Å². The summed E-state index contributed by atoms with van der Waals surface area (Å²) in [6.45, 7) is 9.42. The molecule has 0 aromatic rings. The average Bonchev–Trinajstić information content (AvgIpc) is 2.35. The number of hydrogen-bond acceptors (Lipinski definition) is 4. The molecule has 0 aromatic carbocycles. The van der Waals surface area contributed by atoms with Gasteiger partial charge in [0.05, 0.1) is 12.6 Å². The minimum Gasteiger partial charge on any atom is -0.345 e. The summed E-state index contributed by atoms with van der Waals surface area (Å²) in [5.74, 6) is 0.569. The van der Waals surface area contributed by atoms with Crippen LogP contribution in [0, 0.1) is 11.8 Å². The lowest BCUT2D eigenvalue weighted by molar-refractivity contribution is -0.129. The first-order valence-corrected chi connectivity index (χ1v) is 7.60. The zero-order valence-electron chi connectivity index (χ0n) is 13.2. The van der Waals surface area contributed by atoms with Gasteiger partial charge in [0.2, 0.25) is 5.91 Å². The summed E-state index contributed by atoms with van der Waals surface area (Å²) in [6, 6.07) is -0.120. The molecular formula is C15H29N3O2. The van der Waals surface area contributed by atoms with Gasteiger partial charge in [-0.25, -0.2) is 0 Å². The Hall–Kier alpha value is -0.940. The monoisotopic (exact) mass is 283 g/mol. The van der Waals surface area contributed by atoms with Gasteiger partial charge in [-0.15, -0.1) is 0 Å². The highest BCUT2D eigenvalue weighted by Gasteiger charge is 2.29. The van der Waals surface area contributed by atoms with E-state index in [9.17, 15) is 9.59 Å². The maximum absolute atomic E-state index is 12.2. The van der Waals surface area contributed by atoms with Gasteiger partial charge in [-0.3, -0.25) is 14.5 Å². The predicted octanol–water partition coefficient (Wildman–Crippen LogP) is 0.775. The van der Waals surface area contributed by atoms with E-state index in [-0.39, 0.29) is 29.7 Å². The van der Waals surface area contributed by atoms with Crippen LogP contribution in [0.4, 0.5) is 0 Å². The van der Waals surface area contributed by atoms with Crippen molar-refractivity contribution in [3.05, 3.63) is 0 Å². The third-order valence-electron chi connectivity index (χ3n) is 4.24. The van der Waals surface area contributed by atoms with Gasteiger partial charge in [-0.2, -0.15) is 0 Å². The molecule has 3 atom stereocenters. The van der Waals surface area contributed by atoms with Crippen molar-refractivity contribution in [1.82, 2.24) is 10.2 Å². The molecule has 1 amide bonds. The van der Waals surface area contributed by atoms with E-state index in [1.54, 1.807) is 0 Å². The van der Waals surface area contributed by atoms with Crippen LogP contribution in [0.15, 0.2) is 0 Å². The fraction of sp³-hybridized carbons (Fsp3) is 0.867. The van der Waals surface area contributed by atoms with Crippen LogP contribution in [-0.2, 0) is 9.59 Å². The number of rotatable bonds is 6. The Morgan fingerprint density at radius 1 is 1.40 bits per heavy atom. The minimum absolute atomic E-state index is 0.00994. The minimum atomic E-state index is -0.388. The van der Waals surface area contributed by atoms with Gasteiger partial charge in [0.1, 0.15) is 0 Å². The fourth-order valence-corrected chi connectivity index (χ4v) is 3.05. The normalized spacial score (nSPS) is 25.5. The molecule has 0 radical (unpaired) electrons. The third-order valence-corrected chi connectivity index (χ3v) is 4.24. The number of amides is 1. The molecular weight excluding hydrogens is 254 g/mol. The van der Waals surface area contributed by atoms with Gasteiger partial charge in [-0.1, -0.05) is 20.8 Å². The van der Waals surface area contributed by atoms with E-state index >= 15 is 0 Å². The lowest BCUT2D eigenvalue weighted by Crippen LogP contribution is -2.54. The Morgan fingerprint density at radius 2 is 2.05 bits per heavy atom. The first-order chi connectivity index (χ1) is 9.36. The Kier molecular flexibility index (Phi) is 6.62. The van der Waals surface area contributed by atoms with Gasteiger partial charge < -0.3 is 11.1 Å². The zero-order valence-corrected chi connectivity index (χ0v) is 13.2. The second-order valence-electron chi connectivity index (χ2n) is 6.29. The Labute approximate surface area is 122 Å². The summed E-state index contributed by atoms with van der Waals surface area (Å²) in [5, 5.41) is 2.85. The quantitative estimate of drug-likeness (QED) is 0.755. The van der Waals surface area contributed by atoms with Gasteiger partial charge in [0.25, 0.3) is 0 Å². The van der Waals surface area contributed by atoms with Gasteiger partial charge in [-0.05, 0) is 38.1 Å². The van der Waals surface area contributed by atoms with Crippen molar-refractivity contribution in [2.45, 2.75) is 52.6 Å². The molecule has 0 aliphatic carbocycles. The van der Waals surface area contributed by atoms with Crippen molar-refractivity contribution in [2.75, 3.05) is 19.6 Å². The van der Waals surface area contributed by atoms with Crippen LogP contribution in [-0.4, -0.2) is 48.3 Å². The first kappa shape index (κ1) is 17.1. The molecule has 20 heavy (non-hydrogen) atoms. The maximum Gasteiger partial charge on any atom is 0.234 e. The number of ketones is 1. The van der Waals surface area contributed by atoms with Crippen molar-refractivity contribution >= 4 is 11.7 Å². The Morgan fingerprint density at radius 3 is 2.55 bits per heavy atom. The number of nitrogens with one attached hydrogen (secondary N) is 1. The molecule has 3 N–H and O–H groups in total. The van der Waals surface area contributed by atoms with E-state index in [1.165, 1.54) is 13.3 Å². The Balaban J connectivity index is 2.58.